The third-order valence-electron chi connectivity index (χ3n) is 1.97. The van der Waals surface area contributed by atoms with Crippen molar-refractivity contribution in [3.63, 3.8) is 0 Å². The van der Waals surface area contributed by atoms with Gasteiger partial charge in [0.2, 0.25) is 0 Å². The van der Waals surface area contributed by atoms with Gasteiger partial charge in [0.25, 0.3) is 16.1 Å². The van der Waals surface area contributed by atoms with Crippen molar-refractivity contribution < 1.29 is 22.8 Å². The van der Waals surface area contributed by atoms with Crippen molar-refractivity contribution >= 4 is 10.1 Å². The summed E-state index contributed by atoms with van der Waals surface area (Å²) in [5.74, 6) is -2.62. The average Bonchev–Trinajstić information content (AvgIpc) is 2.01. The second-order valence-electron chi connectivity index (χ2n) is 3.50. The lowest BCUT2D eigenvalue weighted by Crippen LogP contribution is -2.42. The number of nitrogens with zero attached hydrogens (tertiary/aromatic N) is 1. The normalized spacial score (nSPS) is 15.7. The molecule has 1 unspecified atom stereocenters. The van der Waals surface area contributed by atoms with Crippen LogP contribution in [0, 0.1) is 0 Å². The van der Waals surface area contributed by atoms with E-state index in [9.17, 15) is 8.42 Å². The third kappa shape index (κ3) is 4.43. The smallest absolute Gasteiger partial charge is 0.293 e. The van der Waals surface area contributed by atoms with Crippen molar-refractivity contribution in [1.82, 2.24) is 4.90 Å². The monoisotopic (exact) mass is 241 g/mol. The van der Waals surface area contributed by atoms with Crippen LogP contribution in [0.1, 0.15) is 26.7 Å². The van der Waals surface area contributed by atoms with Crippen molar-refractivity contribution in [1.29, 1.82) is 0 Å². The Kier molecular flexibility index (Phi) is 5.15. The Balaban J connectivity index is 4.83. The zero-order chi connectivity index (χ0) is 12.3. The minimum Gasteiger partial charge on any atom is -0.343 e. The van der Waals surface area contributed by atoms with Gasteiger partial charge >= 0.3 is 0 Å². The van der Waals surface area contributed by atoms with Crippen LogP contribution in [0.15, 0.2) is 0 Å². The minimum atomic E-state index is -4.02. The van der Waals surface area contributed by atoms with E-state index in [1.165, 1.54) is 11.8 Å². The van der Waals surface area contributed by atoms with Gasteiger partial charge < -0.3 is 10.2 Å². The van der Waals surface area contributed by atoms with E-state index in [0.717, 1.165) is 0 Å². The van der Waals surface area contributed by atoms with Gasteiger partial charge in [-0.05, 0) is 20.5 Å². The molecular weight excluding hydrogens is 222 g/mol. The first-order chi connectivity index (χ1) is 6.66. The number of hydrogen-bond donors (Lipinski definition) is 2. The van der Waals surface area contributed by atoms with Gasteiger partial charge in [0.05, 0.1) is 0 Å². The number of rotatable bonds is 6. The third-order valence-corrected chi connectivity index (χ3v) is 3.89. The Morgan fingerprint density at radius 2 is 1.80 bits per heavy atom. The molecule has 92 valence electrons. The van der Waals surface area contributed by atoms with Crippen LogP contribution >= 0.6 is 0 Å². The molecule has 1 atom stereocenters. The zero-order valence-electron chi connectivity index (χ0n) is 9.47. The molecule has 0 aromatic heterocycles. The fourth-order valence-corrected chi connectivity index (χ4v) is 2.65. The quantitative estimate of drug-likeness (QED) is 0.489. The van der Waals surface area contributed by atoms with E-state index in [2.05, 4.69) is 4.18 Å². The van der Waals surface area contributed by atoms with Crippen LogP contribution in [-0.2, 0) is 14.3 Å². The van der Waals surface area contributed by atoms with Crippen LogP contribution < -0.4 is 0 Å². The van der Waals surface area contributed by atoms with Crippen LogP contribution in [0.4, 0.5) is 0 Å². The highest BCUT2D eigenvalue weighted by molar-refractivity contribution is 7.87. The first kappa shape index (κ1) is 14.8. The predicted molar refractivity (Wildman–Crippen MR) is 55.2 cm³/mol. The molecule has 0 aromatic carbocycles. The van der Waals surface area contributed by atoms with E-state index >= 15 is 0 Å². The number of hydrogen-bond acceptors (Lipinski definition) is 6. The summed E-state index contributed by atoms with van der Waals surface area (Å²) in [6, 6.07) is 0. The zero-order valence-corrected chi connectivity index (χ0v) is 10.3. The molecule has 7 heteroatoms. The fraction of sp³-hybridized carbons (Fsp3) is 1.00. The van der Waals surface area contributed by atoms with E-state index in [1.54, 1.807) is 21.0 Å². The van der Waals surface area contributed by atoms with E-state index in [1.807, 2.05) is 0 Å². The van der Waals surface area contributed by atoms with Crippen LogP contribution in [0.3, 0.4) is 0 Å². The second-order valence-corrected chi connectivity index (χ2v) is 5.20. The molecule has 0 rings (SSSR count). The molecule has 0 bridgehead atoms. The molecule has 6 nitrogen and oxygen atoms in total. The van der Waals surface area contributed by atoms with E-state index in [-0.39, 0.29) is 6.42 Å². The molecule has 0 heterocycles. The molecule has 0 spiro atoms. The van der Waals surface area contributed by atoms with Gasteiger partial charge in [0, 0.05) is 6.42 Å². The molecule has 0 fully saturated rings. The molecule has 0 aliphatic heterocycles. The van der Waals surface area contributed by atoms with Crippen LogP contribution in [0.5, 0.6) is 0 Å². The summed E-state index contributed by atoms with van der Waals surface area (Å²) in [7, 11) is -0.854. The molecule has 15 heavy (non-hydrogen) atoms. The summed E-state index contributed by atoms with van der Waals surface area (Å²) >= 11 is 0. The molecule has 0 saturated carbocycles. The lowest BCUT2D eigenvalue weighted by Gasteiger charge is -2.26. The maximum Gasteiger partial charge on any atom is 0.293 e. The first-order valence-corrected chi connectivity index (χ1v) is 6.19. The Morgan fingerprint density at radius 3 is 2.07 bits per heavy atom. The second kappa shape index (κ2) is 5.22. The summed E-state index contributed by atoms with van der Waals surface area (Å²) in [6.07, 6.45) is 0.0746. The van der Waals surface area contributed by atoms with Gasteiger partial charge in [0.1, 0.15) is 5.37 Å². The molecule has 0 aliphatic rings. The highest BCUT2D eigenvalue weighted by atomic mass is 32.2. The Morgan fingerprint density at radius 1 is 1.33 bits per heavy atom. The highest BCUT2D eigenvalue weighted by Crippen LogP contribution is 2.18. The summed E-state index contributed by atoms with van der Waals surface area (Å²) in [6.45, 7) is 3.08. The Hall–Kier alpha value is -0.210. The maximum atomic E-state index is 11.6. The summed E-state index contributed by atoms with van der Waals surface area (Å²) in [5.41, 5.74) is 0. The lowest BCUT2D eigenvalue weighted by atomic mass is 10.4. The van der Waals surface area contributed by atoms with Gasteiger partial charge in [-0.1, -0.05) is 13.8 Å². The molecule has 2 N–H and O–H groups in total. The summed E-state index contributed by atoms with van der Waals surface area (Å²) in [5, 5.41) is 17.4. The van der Waals surface area contributed by atoms with E-state index in [4.69, 9.17) is 10.2 Å². The lowest BCUT2D eigenvalue weighted by molar-refractivity contribution is -0.291. The molecule has 0 saturated heterocycles. The highest BCUT2D eigenvalue weighted by Gasteiger charge is 2.35. The van der Waals surface area contributed by atoms with Crippen molar-refractivity contribution in [3.05, 3.63) is 0 Å². The van der Waals surface area contributed by atoms with Crippen LogP contribution in [-0.4, -0.2) is 49.0 Å². The largest absolute Gasteiger partial charge is 0.343 e. The van der Waals surface area contributed by atoms with Gasteiger partial charge in [0.15, 0.2) is 0 Å². The Labute approximate surface area is 90.6 Å². The average molecular weight is 241 g/mol. The number of aliphatic hydroxyl groups is 2. The fourth-order valence-electron chi connectivity index (χ4n) is 1.13. The van der Waals surface area contributed by atoms with Crippen molar-refractivity contribution in [2.24, 2.45) is 0 Å². The molecular formula is C8H19NO5S. The van der Waals surface area contributed by atoms with Gasteiger partial charge in [-0.3, -0.25) is 4.90 Å². The van der Waals surface area contributed by atoms with Crippen molar-refractivity contribution in [2.45, 2.75) is 38.0 Å². The summed E-state index contributed by atoms with van der Waals surface area (Å²) in [4.78, 5) is 1.45. The maximum absolute atomic E-state index is 11.6. The molecule has 0 aromatic rings. The van der Waals surface area contributed by atoms with Gasteiger partial charge in [-0.15, -0.1) is 0 Å². The summed E-state index contributed by atoms with van der Waals surface area (Å²) < 4.78 is 27.5. The first-order valence-electron chi connectivity index (χ1n) is 4.72. The Bertz CT molecular complexity index is 285. The van der Waals surface area contributed by atoms with Crippen LogP contribution in [0.25, 0.3) is 0 Å². The van der Waals surface area contributed by atoms with Gasteiger partial charge in [-0.25, -0.2) is 4.18 Å². The van der Waals surface area contributed by atoms with Crippen molar-refractivity contribution in [3.8, 4) is 0 Å². The predicted octanol–water partition coefficient (Wildman–Crippen LogP) is -0.321. The molecule has 0 radical (unpaired) electrons. The minimum absolute atomic E-state index is 0.226. The standard InChI is InChI=1S/C8H19NO5S/c1-5-7(9(3)4)15(12,13)14-8(10,11)6-2/h7,10-11H,5-6H2,1-4H3. The molecule has 0 aliphatic carbocycles. The SMILES string of the molecule is CCC(N(C)C)S(=O)(=O)OC(O)(O)CC. The topological polar surface area (TPSA) is 87.1 Å². The van der Waals surface area contributed by atoms with Crippen molar-refractivity contribution in [2.75, 3.05) is 14.1 Å². The molecule has 0 amide bonds. The van der Waals surface area contributed by atoms with Gasteiger partial charge in [-0.2, -0.15) is 8.42 Å². The van der Waals surface area contributed by atoms with E-state index in [0.29, 0.717) is 6.42 Å². The van der Waals surface area contributed by atoms with E-state index < -0.39 is 21.5 Å². The van der Waals surface area contributed by atoms with Crippen LogP contribution in [0.2, 0.25) is 0 Å².